The quantitative estimate of drug-likeness (QED) is 0.710. The largest absolute Gasteiger partial charge is 0.490 e. The van der Waals surface area contributed by atoms with Crippen molar-refractivity contribution >= 4 is 11.9 Å². The van der Waals surface area contributed by atoms with Crippen molar-refractivity contribution in [2.24, 2.45) is 11.7 Å². The summed E-state index contributed by atoms with van der Waals surface area (Å²) in [5.74, 6) is -1.37. The highest BCUT2D eigenvalue weighted by atomic mass is 19.4. The van der Waals surface area contributed by atoms with Crippen molar-refractivity contribution in [2.75, 3.05) is 13.1 Å². The summed E-state index contributed by atoms with van der Waals surface area (Å²) in [5, 5.41) is 7.12. The van der Waals surface area contributed by atoms with Crippen LogP contribution in [0.5, 0.6) is 0 Å². The van der Waals surface area contributed by atoms with E-state index in [1.54, 1.807) is 0 Å². The van der Waals surface area contributed by atoms with Crippen LogP contribution in [-0.4, -0.2) is 41.1 Å². The molecular formula is C25H29F3N2O3. The third-order valence-electron chi connectivity index (χ3n) is 6.35. The zero-order chi connectivity index (χ0) is 24.0. The topological polar surface area (TPSA) is 83.6 Å². The zero-order valence-corrected chi connectivity index (χ0v) is 18.4. The molecule has 8 heteroatoms. The number of hydrogen-bond acceptors (Lipinski definition) is 3. The maximum atomic E-state index is 12.8. The Bertz CT molecular complexity index is 944. The first-order chi connectivity index (χ1) is 15.7. The molecule has 1 saturated heterocycles. The summed E-state index contributed by atoms with van der Waals surface area (Å²) in [6, 6.07) is 17.3. The van der Waals surface area contributed by atoms with Gasteiger partial charge in [-0.1, -0.05) is 48.5 Å². The van der Waals surface area contributed by atoms with Crippen LogP contribution in [0.1, 0.15) is 47.4 Å². The van der Waals surface area contributed by atoms with Gasteiger partial charge in [-0.05, 0) is 59.8 Å². The van der Waals surface area contributed by atoms with Gasteiger partial charge in [0.15, 0.2) is 0 Å². The minimum Gasteiger partial charge on any atom is -0.475 e. The van der Waals surface area contributed by atoms with Gasteiger partial charge >= 0.3 is 12.1 Å². The highest BCUT2D eigenvalue weighted by Gasteiger charge is 2.38. The predicted molar refractivity (Wildman–Crippen MR) is 119 cm³/mol. The van der Waals surface area contributed by atoms with E-state index in [-0.39, 0.29) is 0 Å². The molecular weight excluding hydrogens is 433 g/mol. The molecule has 4 rings (SSSR count). The number of carbonyl (C=O) groups excluding carboxylic acids is 1. The van der Waals surface area contributed by atoms with E-state index >= 15 is 0 Å². The molecule has 0 bridgehead atoms. The summed E-state index contributed by atoms with van der Waals surface area (Å²) >= 11 is 0. The van der Waals surface area contributed by atoms with Gasteiger partial charge in [-0.3, -0.25) is 4.79 Å². The number of nitrogens with two attached hydrogens (primary N) is 1. The summed E-state index contributed by atoms with van der Waals surface area (Å²) in [6.45, 7) is 2.36. The second kappa shape index (κ2) is 10.8. The van der Waals surface area contributed by atoms with E-state index < -0.39 is 12.1 Å². The molecule has 1 aliphatic carbocycles. The lowest BCUT2D eigenvalue weighted by atomic mass is 9.88. The van der Waals surface area contributed by atoms with E-state index in [1.165, 1.54) is 22.3 Å². The first-order valence-corrected chi connectivity index (χ1v) is 11.1. The predicted octanol–water partition coefficient (Wildman–Crippen LogP) is 4.29. The summed E-state index contributed by atoms with van der Waals surface area (Å²) in [5.41, 5.74) is 11.2. The average molecular weight is 463 g/mol. The van der Waals surface area contributed by atoms with Gasteiger partial charge < -0.3 is 15.7 Å². The Morgan fingerprint density at radius 1 is 1.00 bits per heavy atom. The van der Waals surface area contributed by atoms with E-state index in [0.29, 0.717) is 30.7 Å². The second-order valence-electron chi connectivity index (χ2n) is 8.65. The maximum Gasteiger partial charge on any atom is 0.490 e. The molecule has 1 aliphatic heterocycles. The number of carboxylic acids is 1. The molecule has 0 spiro atoms. The van der Waals surface area contributed by atoms with E-state index in [1.807, 2.05) is 0 Å². The second-order valence-corrected chi connectivity index (χ2v) is 8.65. The Morgan fingerprint density at radius 3 is 2.09 bits per heavy atom. The Morgan fingerprint density at radius 2 is 1.58 bits per heavy atom. The summed E-state index contributed by atoms with van der Waals surface area (Å²) in [4.78, 5) is 23.7. The zero-order valence-electron chi connectivity index (χ0n) is 18.4. The first-order valence-electron chi connectivity index (χ1n) is 11.1. The molecule has 2 aromatic rings. The highest BCUT2D eigenvalue weighted by Crippen LogP contribution is 2.31. The average Bonchev–Trinajstić information content (AvgIpc) is 3.21. The number of hydrogen-bond donors (Lipinski definition) is 2. The van der Waals surface area contributed by atoms with Crippen LogP contribution < -0.4 is 5.73 Å². The minimum atomic E-state index is -5.08. The number of benzene rings is 2. The normalized spacial score (nSPS) is 16.7. The number of carbonyl (C=O) groups is 2. The number of aliphatic carboxylic acids is 1. The van der Waals surface area contributed by atoms with Gasteiger partial charge in [0.2, 0.25) is 5.91 Å². The van der Waals surface area contributed by atoms with Gasteiger partial charge in [0.25, 0.3) is 0 Å². The van der Waals surface area contributed by atoms with Crippen molar-refractivity contribution in [3.8, 4) is 0 Å². The van der Waals surface area contributed by atoms with Crippen LogP contribution in [0.15, 0.2) is 48.5 Å². The Labute approximate surface area is 191 Å². The van der Waals surface area contributed by atoms with Gasteiger partial charge in [-0.15, -0.1) is 0 Å². The fraction of sp³-hybridized carbons (Fsp3) is 0.440. The lowest BCUT2D eigenvalue weighted by Crippen LogP contribution is -2.38. The SMILES string of the molecule is NCc1cccc(C2CCN(C(=O)CC3Cc4ccccc4C3)CC2)c1.O=C(O)C(F)(F)F. The Kier molecular flexibility index (Phi) is 8.13. The Balaban J connectivity index is 0.000000383. The van der Waals surface area contributed by atoms with Crippen molar-refractivity contribution < 1.29 is 27.9 Å². The van der Waals surface area contributed by atoms with Gasteiger partial charge in [0.1, 0.15) is 0 Å². The number of rotatable bonds is 4. The van der Waals surface area contributed by atoms with Crippen LogP contribution in [0, 0.1) is 5.92 Å². The third kappa shape index (κ3) is 6.81. The number of likely N-dealkylation sites (tertiary alicyclic amines) is 1. The molecule has 0 unspecified atom stereocenters. The van der Waals surface area contributed by atoms with Crippen molar-refractivity contribution in [3.63, 3.8) is 0 Å². The fourth-order valence-electron chi connectivity index (χ4n) is 4.61. The van der Waals surface area contributed by atoms with Gasteiger partial charge in [0, 0.05) is 26.1 Å². The van der Waals surface area contributed by atoms with Gasteiger partial charge in [0.05, 0.1) is 0 Å². The standard InChI is InChI=1S/C23H28N2O.C2HF3O2/c24-16-17-4-3-7-20(12-17)19-8-10-25(11-9-19)23(26)15-18-13-21-5-1-2-6-22(21)14-18;3-2(4,5)1(6)7/h1-7,12,18-19H,8-11,13-16,24H2;(H,6,7). The molecule has 0 aromatic heterocycles. The number of piperidine rings is 1. The van der Waals surface area contributed by atoms with Crippen LogP contribution >= 0.6 is 0 Å². The molecule has 0 radical (unpaired) electrons. The van der Waals surface area contributed by atoms with Crippen molar-refractivity contribution in [1.82, 2.24) is 4.90 Å². The molecule has 5 nitrogen and oxygen atoms in total. The van der Waals surface area contributed by atoms with Crippen molar-refractivity contribution in [2.45, 2.75) is 50.7 Å². The molecule has 0 saturated carbocycles. The van der Waals surface area contributed by atoms with Crippen molar-refractivity contribution in [3.05, 3.63) is 70.8 Å². The molecule has 33 heavy (non-hydrogen) atoms. The first kappa shape index (κ1) is 24.8. The summed E-state index contributed by atoms with van der Waals surface area (Å²) in [7, 11) is 0. The molecule has 178 valence electrons. The molecule has 3 N–H and O–H groups in total. The molecule has 1 heterocycles. The van der Waals surface area contributed by atoms with E-state index in [2.05, 4.69) is 53.4 Å². The van der Waals surface area contributed by atoms with Crippen LogP contribution in [-0.2, 0) is 29.0 Å². The van der Waals surface area contributed by atoms with Crippen LogP contribution in [0.25, 0.3) is 0 Å². The molecule has 1 amide bonds. The maximum absolute atomic E-state index is 12.8. The molecule has 2 aromatic carbocycles. The molecule has 2 aliphatic rings. The number of amides is 1. The number of carboxylic acid groups (broad SMARTS) is 1. The lowest BCUT2D eigenvalue weighted by Gasteiger charge is -2.33. The minimum absolute atomic E-state index is 0.344. The van der Waals surface area contributed by atoms with E-state index in [0.717, 1.165) is 38.8 Å². The van der Waals surface area contributed by atoms with E-state index in [4.69, 9.17) is 15.6 Å². The number of alkyl halides is 3. The van der Waals surface area contributed by atoms with E-state index in [9.17, 15) is 18.0 Å². The number of halogens is 3. The summed E-state index contributed by atoms with van der Waals surface area (Å²) in [6.07, 6.45) is -0.147. The summed E-state index contributed by atoms with van der Waals surface area (Å²) < 4.78 is 31.7. The lowest BCUT2D eigenvalue weighted by molar-refractivity contribution is -0.192. The highest BCUT2D eigenvalue weighted by molar-refractivity contribution is 5.76. The molecule has 0 atom stereocenters. The number of fused-ring (bicyclic) bond motifs is 1. The van der Waals surface area contributed by atoms with Gasteiger partial charge in [-0.25, -0.2) is 4.79 Å². The third-order valence-corrected chi connectivity index (χ3v) is 6.35. The van der Waals surface area contributed by atoms with Crippen LogP contribution in [0.2, 0.25) is 0 Å². The van der Waals surface area contributed by atoms with Crippen molar-refractivity contribution in [1.29, 1.82) is 0 Å². The molecule has 1 fully saturated rings. The van der Waals surface area contributed by atoms with Crippen LogP contribution in [0.4, 0.5) is 13.2 Å². The fourth-order valence-corrected chi connectivity index (χ4v) is 4.61. The Hall–Kier alpha value is -2.87. The van der Waals surface area contributed by atoms with Crippen LogP contribution in [0.3, 0.4) is 0 Å². The smallest absolute Gasteiger partial charge is 0.475 e. The monoisotopic (exact) mass is 462 g/mol. The van der Waals surface area contributed by atoms with Gasteiger partial charge in [-0.2, -0.15) is 13.2 Å². The number of nitrogens with zero attached hydrogens (tertiary/aromatic N) is 1.